The number of benzene rings is 2. The molecular formula is C34H52N2O7. The van der Waals surface area contributed by atoms with Crippen molar-refractivity contribution in [3.8, 4) is 11.1 Å². The minimum atomic E-state index is -0.594. The molecule has 0 bridgehead atoms. The molecule has 1 aliphatic carbocycles. The molecule has 0 saturated heterocycles. The highest BCUT2D eigenvalue weighted by Crippen LogP contribution is 2.46. The van der Waals surface area contributed by atoms with Gasteiger partial charge in [0.2, 0.25) is 0 Å². The summed E-state index contributed by atoms with van der Waals surface area (Å²) in [5.74, 6) is -0.120. The average molecular weight is 601 g/mol. The highest BCUT2D eigenvalue weighted by atomic mass is 16.5. The molecule has 43 heavy (non-hydrogen) atoms. The summed E-state index contributed by atoms with van der Waals surface area (Å²) in [6.45, 7) is 11.1. The van der Waals surface area contributed by atoms with Gasteiger partial charge in [-0.1, -0.05) is 37.3 Å². The van der Waals surface area contributed by atoms with Crippen LogP contribution in [0.15, 0.2) is 36.4 Å². The zero-order valence-corrected chi connectivity index (χ0v) is 26.8. The molecule has 9 nitrogen and oxygen atoms in total. The summed E-state index contributed by atoms with van der Waals surface area (Å²) in [6.07, 6.45) is 1.72. The number of nitrogens with one attached hydrogen (secondary N) is 2. The highest BCUT2D eigenvalue weighted by Gasteiger charge is 2.32. The highest BCUT2D eigenvalue weighted by molar-refractivity contribution is 6.03. The van der Waals surface area contributed by atoms with E-state index in [0.29, 0.717) is 51.5 Å². The minimum Gasteiger partial charge on any atom is -0.395 e. The number of aliphatic hydroxyl groups excluding tert-OH is 2. The number of hydrogen-bond acceptors (Lipinski definition) is 8. The van der Waals surface area contributed by atoms with E-state index >= 15 is 0 Å². The van der Waals surface area contributed by atoms with Crippen LogP contribution in [0.4, 0.5) is 0 Å². The molecule has 4 atom stereocenters. The molecular weight excluding hydrogens is 548 g/mol. The Balaban J connectivity index is 1.61. The number of aryl methyl sites for hydroxylation is 1. The summed E-state index contributed by atoms with van der Waals surface area (Å²) in [5.41, 5.74) is 5.06. The number of amides is 1. The summed E-state index contributed by atoms with van der Waals surface area (Å²) in [4.78, 5) is 13.5. The van der Waals surface area contributed by atoms with Crippen LogP contribution in [-0.4, -0.2) is 94.4 Å². The summed E-state index contributed by atoms with van der Waals surface area (Å²) >= 11 is 0. The molecule has 0 spiro atoms. The molecule has 0 aromatic heterocycles. The fraction of sp³-hybridized carbons (Fsp3) is 0.618. The lowest BCUT2D eigenvalue weighted by molar-refractivity contribution is -0.0557. The Hall–Kier alpha value is -2.37. The molecule has 0 aliphatic heterocycles. The van der Waals surface area contributed by atoms with Crippen molar-refractivity contribution in [3.63, 3.8) is 0 Å². The third-order valence-electron chi connectivity index (χ3n) is 8.25. The monoisotopic (exact) mass is 600 g/mol. The fourth-order valence-corrected chi connectivity index (χ4v) is 5.31. The lowest BCUT2D eigenvalue weighted by atomic mass is 9.95. The van der Waals surface area contributed by atoms with Crippen LogP contribution < -0.4 is 10.6 Å². The summed E-state index contributed by atoms with van der Waals surface area (Å²) < 4.78 is 21.9. The van der Waals surface area contributed by atoms with E-state index in [0.717, 1.165) is 40.7 Å². The third-order valence-corrected chi connectivity index (χ3v) is 8.25. The molecule has 3 unspecified atom stereocenters. The van der Waals surface area contributed by atoms with Crippen LogP contribution in [0.25, 0.3) is 11.1 Å². The molecule has 4 N–H and O–H groups in total. The first-order chi connectivity index (χ1) is 20.6. The number of hydrogen-bond donors (Lipinski definition) is 4. The van der Waals surface area contributed by atoms with E-state index in [2.05, 4.69) is 35.8 Å². The maximum atomic E-state index is 13.5. The van der Waals surface area contributed by atoms with Crippen LogP contribution in [0.5, 0.6) is 0 Å². The second-order valence-electron chi connectivity index (χ2n) is 12.1. The van der Waals surface area contributed by atoms with Gasteiger partial charge in [0.1, 0.15) is 6.23 Å². The second kappa shape index (κ2) is 17.2. The van der Waals surface area contributed by atoms with Gasteiger partial charge in [0.25, 0.3) is 5.91 Å². The van der Waals surface area contributed by atoms with Gasteiger partial charge in [-0.15, -0.1) is 0 Å². The molecule has 2 aromatic carbocycles. The van der Waals surface area contributed by atoms with Crippen molar-refractivity contribution in [2.24, 2.45) is 5.92 Å². The van der Waals surface area contributed by atoms with Crippen molar-refractivity contribution < 1.29 is 34.0 Å². The van der Waals surface area contributed by atoms with Crippen LogP contribution in [0.3, 0.4) is 0 Å². The predicted molar refractivity (Wildman–Crippen MR) is 168 cm³/mol. The summed E-state index contributed by atoms with van der Waals surface area (Å²) in [7, 11) is 3.33. The molecule has 0 saturated carbocycles. The van der Waals surface area contributed by atoms with Crippen LogP contribution in [0.2, 0.25) is 0 Å². The van der Waals surface area contributed by atoms with E-state index in [9.17, 15) is 15.0 Å². The lowest BCUT2D eigenvalue weighted by Gasteiger charge is -2.29. The van der Waals surface area contributed by atoms with Crippen molar-refractivity contribution in [2.75, 3.05) is 60.3 Å². The topological polar surface area (TPSA) is 119 Å². The largest absolute Gasteiger partial charge is 0.395 e. The van der Waals surface area contributed by atoms with Gasteiger partial charge in [0, 0.05) is 44.7 Å². The molecule has 0 radical (unpaired) electrons. The van der Waals surface area contributed by atoms with Crippen molar-refractivity contribution in [3.05, 3.63) is 58.7 Å². The maximum Gasteiger partial charge on any atom is 0.252 e. The number of rotatable bonds is 20. The molecule has 1 amide bonds. The summed E-state index contributed by atoms with van der Waals surface area (Å²) in [6, 6.07) is 12.0. The normalized spacial score (nSPS) is 16.4. The Morgan fingerprint density at radius 2 is 1.86 bits per heavy atom. The Morgan fingerprint density at radius 1 is 1.07 bits per heavy atom. The van der Waals surface area contributed by atoms with Crippen molar-refractivity contribution in [1.29, 1.82) is 0 Å². The summed E-state index contributed by atoms with van der Waals surface area (Å²) in [5, 5.41) is 26.8. The van der Waals surface area contributed by atoms with E-state index in [-0.39, 0.29) is 30.5 Å². The van der Waals surface area contributed by atoms with Gasteiger partial charge in [0.15, 0.2) is 0 Å². The zero-order chi connectivity index (χ0) is 31.4. The number of fused-ring (bicyclic) bond motifs is 3. The number of aliphatic hydroxyl groups is 2. The van der Waals surface area contributed by atoms with Gasteiger partial charge in [-0.25, -0.2) is 0 Å². The molecule has 240 valence electrons. The molecule has 0 heterocycles. The van der Waals surface area contributed by atoms with Crippen molar-refractivity contribution >= 4 is 5.91 Å². The van der Waals surface area contributed by atoms with Gasteiger partial charge in [0.05, 0.1) is 44.7 Å². The maximum absolute atomic E-state index is 13.5. The van der Waals surface area contributed by atoms with Gasteiger partial charge in [-0.05, 0) is 73.9 Å². The van der Waals surface area contributed by atoms with E-state index in [1.807, 2.05) is 39.0 Å². The Bertz CT molecular complexity index is 1160. The molecule has 1 aliphatic rings. The van der Waals surface area contributed by atoms with Gasteiger partial charge >= 0.3 is 0 Å². The van der Waals surface area contributed by atoms with Crippen LogP contribution in [0, 0.1) is 5.92 Å². The second-order valence-corrected chi connectivity index (χ2v) is 12.1. The quantitative estimate of drug-likeness (QED) is 0.134. The van der Waals surface area contributed by atoms with Gasteiger partial charge in [-0.3, -0.25) is 10.1 Å². The molecule has 2 aromatic rings. The predicted octanol–water partition coefficient (Wildman–Crippen LogP) is 3.88. The van der Waals surface area contributed by atoms with Crippen LogP contribution in [-0.2, 0) is 25.4 Å². The molecule has 9 heteroatoms. The van der Waals surface area contributed by atoms with Crippen molar-refractivity contribution in [1.82, 2.24) is 10.6 Å². The number of carbonyl (C=O) groups is 1. The Kier molecular flexibility index (Phi) is 14.0. The number of methoxy groups -OCH3 is 2. The Labute approximate surface area is 257 Å². The van der Waals surface area contributed by atoms with Crippen LogP contribution in [0.1, 0.15) is 73.5 Å². The lowest BCUT2D eigenvalue weighted by Crippen LogP contribution is -2.42. The zero-order valence-electron chi connectivity index (χ0n) is 26.8. The first-order valence-electron chi connectivity index (χ1n) is 15.4. The van der Waals surface area contributed by atoms with E-state index in [1.54, 1.807) is 14.2 Å². The molecule has 3 rings (SSSR count). The fourth-order valence-electron chi connectivity index (χ4n) is 5.31. The smallest absolute Gasteiger partial charge is 0.252 e. The number of ether oxygens (including phenoxy) is 4. The Morgan fingerprint density at radius 3 is 2.58 bits per heavy atom. The third kappa shape index (κ3) is 10.1. The van der Waals surface area contributed by atoms with E-state index < -0.39 is 11.8 Å². The molecule has 0 fully saturated rings. The van der Waals surface area contributed by atoms with Gasteiger partial charge < -0.3 is 34.5 Å². The average Bonchev–Trinajstić information content (AvgIpc) is 3.33. The first-order valence-corrected chi connectivity index (χ1v) is 15.4. The number of carbonyl (C=O) groups excluding carboxylic acids is 1. The SMILES string of the molecule is COCCOCCNC(O)CCCc1ccc2c(c1)C(CO)c1cccc(C(=O)NCC(C)(C)OCC(C)[C@H](C)OC)c1-2. The van der Waals surface area contributed by atoms with E-state index in [1.165, 1.54) is 0 Å². The van der Waals surface area contributed by atoms with Crippen molar-refractivity contribution in [2.45, 2.75) is 70.8 Å². The van der Waals surface area contributed by atoms with Gasteiger partial charge in [-0.2, -0.15) is 0 Å². The standard InChI is InChI=1S/C34H52N2O7/c1-23(24(2)41-6)21-43-34(3,4)22-36-33(39)28-11-8-10-26-30(20-37)29-19-25(13-14-27(29)32(26)28)9-7-12-31(38)35-15-16-42-18-17-40-5/h8,10-11,13-14,19,23-24,30-31,35,37-38H,7,9,12,15-18,20-22H2,1-6H3,(H,36,39)/t23?,24-,30?,31?/m0/s1. The van der Waals surface area contributed by atoms with Crippen LogP contribution >= 0.6 is 0 Å². The first kappa shape index (κ1) is 35.1. The van der Waals surface area contributed by atoms with E-state index in [4.69, 9.17) is 18.9 Å². The minimum absolute atomic E-state index is 0.0391.